The largest absolute Gasteiger partial charge is 0.307 e. The van der Waals surface area contributed by atoms with Crippen molar-refractivity contribution < 1.29 is 0 Å². The van der Waals surface area contributed by atoms with Gasteiger partial charge >= 0.3 is 0 Å². The van der Waals surface area contributed by atoms with Gasteiger partial charge in [0, 0.05) is 13.2 Å². The molecule has 0 saturated heterocycles. The van der Waals surface area contributed by atoms with E-state index in [9.17, 15) is 0 Å². The third-order valence-corrected chi connectivity index (χ3v) is 2.86. The van der Waals surface area contributed by atoms with Crippen molar-refractivity contribution in [3.8, 4) is 0 Å². The molecule has 0 aliphatic heterocycles. The Hall–Kier alpha value is -0.860. The van der Waals surface area contributed by atoms with Crippen molar-refractivity contribution >= 4 is 0 Å². The Morgan fingerprint density at radius 3 is 2.31 bits per heavy atom. The first-order chi connectivity index (χ1) is 7.63. The highest BCUT2D eigenvalue weighted by atomic mass is 15.2. The zero-order valence-electron chi connectivity index (χ0n) is 11.0. The van der Waals surface area contributed by atoms with Gasteiger partial charge in [-0.25, -0.2) is 0 Å². The molecule has 0 spiro atoms. The highest BCUT2D eigenvalue weighted by Crippen LogP contribution is 2.14. The average Bonchev–Trinajstić information content (AvgIpc) is 2.27. The molecular formula is C14H24N2. The number of nitrogens with one attached hydrogen (secondary N) is 1. The summed E-state index contributed by atoms with van der Waals surface area (Å²) < 4.78 is 0. The van der Waals surface area contributed by atoms with Gasteiger partial charge in [-0.3, -0.25) is 4.90 Å². The number of rotatable bonds is 6. The molecule has 0 fully saturated rings. The summed E-state index contributed by atoms with van der Waals surface area (Å²) in [6, 6.07) is 9.00. The summed E-state index contributed by atoms with van der Waals surface area (Å²) in [5.41, 5.74) is 2.85. The predicted octanol–water partition coefficient (Wildman–Crippen LogP) is 2.46. The lowest BCUT2D eigenvalue weighted by Gasteiger charge is -2.15. The van der Waals surface area contributed by atoms with Crippen LogP contribution >= 0.6 is 0 Å². The van der Waals surface area contributed by atoms with Crippen molar-refractivity contribution in [1.29, 1.82) is 0 Å². The van der Waals surface area contributed by atoms with E-state index in [1.807, 2.05) is 7.05 Å². The van der Waals surface area contributed by atoms with Crippen LogP contribution in [0.2, 0.25) is 0 Å². The van der Waals surface area contributed by atoms with Crippen molar-refractivity contribution in [2.45, 2.75) is 26.2 Å². The van der Waals surface area contributed by atoms with Gasteiger partial charge in [-0.2, -0.15) is 0 Å². The van der Waals surface area contributed by atoms with Crippen molar-refractivity contribution in [1.82, 2.24) is 10.2 Å². The van der Waals surface area contributed by atoms with Gasteiger partial charge in [-0.05, 0) is 37.6 Å². The molecule has 0 radical (unpaired) electrons. The lowest BCUT2D eigenvalue weighted by molar-refractivity contribution is 0.321. The first-order valence-corrected chi connectivity index (χ1v) is 6.05. The number of nitrogens with zero attached hydrogens (tertiary/aromatic N) is 1. The van der Waals surface area contributed by atoms with Crippen LogP contribution in [0.15, 0.2) is 24.3 Å². The normalized spacial score (nSPS) is 11.4. The minimum Gasteiger partial charge on any atom is -0.307 e. The summed E-state index contributed by atoms with van der Waals surface area (Å²) in [6.07, 6.45) is 1.12. The standard InChI is InChI=1S/C14H24N2/c1-12(2)14-7-5-13(6-8-14)9-10-16(4)11-15-3/h5-8,12,15H,9-11H2,1-4H3. The minimum absolute atomic E-state index is 0.626. The SMILES string of the molecule is CNCN(C)CCc1ccc(C(C)C)cc1. The fourth-order valence-corrected chi connectivity index (χ4v) is 1.74. The summed E-state index contributed by atoms with van der Waals surface area (Å²) in [5.74, 6) is 0.626. The lowest BCUT2D eigenvalue weighted by atomic mass is 10.0. The molecule has 2 heteroatoms. The maximum absolute atomic E-state index is 3.15. The highest BCUT2D eigenvalue weighted by molar-refractivity contribution is 5.24. The average molecular weight is 220 g/mol. The first kappa shape index (κ1) is 13.2. The van der Waals surface area contributed by atoms with Gasteiger partial charge in [0.2, 0.25) is 0 Å². The van der Waals surface area contributed by atoms with Crippen LogP contribution in [-0.2, 0) is 6.42 Å². The van der Waals surface area contributed by atoms with Crippen molar-refractivity contribution in [2.75, 3.05) is 27.3 Å². The van der Waals surface area contributed by atoms with E-state index >= 15 is 0 Å². The van der Waals surface area contributed by atoms with Crippen molar-refractivity contribution in [2.24, 2.45) is 0 Å². The highest BCUT2D eigenvalue weighted by Gasteiger charge is 2.00. The molecule has 16 heavy (non-hydrogen) atoms. The van der Waals surface area contributed by atoms with Crippen LogP contribution in [-0.4, -0.2) is 32.2 Å². The third-order valence-electron chi connectivity index (χ3n) is 2.86. The lowest BCUT2D eigenvalue weighted by Crippen LogP contribution is -2.30. The van der Waals surface area contributed by atoms with Crippen LogP contribution in [0.25, 0.3) is 0 Å². The maximum Gasteiger partial charge on any atom is 0.0475 e. The molecule has 0 aromatic heterocycles. The van der Waals surface area contributed by atoms with Gasteiger partial charge in [0.15, 0.2) is 0 Å². The molecule has 1 aromatic rings. The number of likely N-dealkylation sites (N-methyl/N-ethyl adjacent to an activating group) is 1. The van der Waals surface area contributed by atoms with E-state index < -0.39 is 0 Å². The van der Waals surface area contributed by atoms with Crippen molar-refractivity contribution in [3.05, 3.63) is 35.4 Å². The maximum atomic E-state index is 3.15. The molecular weight excluding hydrogens is 196 g/mol. The second-order valence-corrected chi connectivity index (χ2v) is 4.74. The molecule has 0 saturated carbocycles. The molecule has 90 valence electrons. The Kier molecular flexibility index (Phi) is 5.50. The molecule has 0 bridgehead atoms. The van der Waals surface area contributed by atoms with Crippen LogP contribution in [0.1, 0.15) is 30.9 Å². The summed E-state index contributed by atoms with van der Waals surface area (Å²) >= 11 is 0. The minimum atomic E-state index is 0.626. The fourth-order valence-electron chi connectivity index (χ4n) is 1.74. The number of benzene rings is 1. The van der Waals surface area contributed by atoms with Gasteiger partial charge in [-0.1, -0.05) is 38.1 Å². The topological polar surface area (TPSA) is 15.3 Å². The molecule has 0 unspecified atom stereocenters. The van der Waals surface area contributed by atoms with E-state index in [-0.39, 0.29) is 0 Å². The summed E-state index contributed by atoms with van der Waals surface area (Å²) in [7, 11) is 4.12. The molecule has 0 atom stereocenters. The van der Waals surface area contributed by atoms with Gasteiger partial charge in [0.25, 0.3) is 0 Å². The Bertz CT molecular complexity index is 290. The van der Waals surface area contributed by atoms with E-state index in [4.69, 9.17) is 0 Å². The van der Waals surface area contributed by atoms with E-state index in [1.165, 1.54) is 11.1 Å². The van der Waals surface area contributed by atoms with E-state index in [0.717, 1.165) is 19.6 Å². The van der Waals surface area contributed by atoms with E-state index in [0.29, 0.717) is 5.92 Å². The Morgan fingerprint density at radius 2 is 1.81 bits per heavy atom. The fraction of sp³-hybridized carbons (Fsp3) is 0.571. The Balaban J connectivity index is 2.43. The zero-order valence-corrected chi connectivity index (χ0v) is 11.0. The number of hydrogen-bond acceptors (Lipinski definition) is 2. The molecule has 0 aliphatic rings. The van der Waals surface area contributed by atoms with Crippen LogP contribution in [0.4, 0.5) is 0 Å². The molecule has 2 nitrogen and oxygen atoms in total. The smallest absolute Gasteiger partial charge is 0.0475 e. The second-order valence-electron chi connectivity index (χ2n) is 4.74. The zero-order chi connectivity index (χ0) is 12.0. The van der Waals surface area contributed by atoms with Gasteiger partial charge in [0.05, 0.1) is 0 Å². The van der Waals surface area contributed by atoms with Crippen LogP contribution < -0.4 is 5.32 Å². The molecule has 1 rings (SSSR count). The van der Waals surface area contributed by atoms with Gasteiger partial charge in [0.1, 0.15) is 0 Å². The number of hydrogen-bond donors (Lipinski definition) is 1. The van der Waals surface area contributed by atoms with Crippen molar-refractivity contribution in [3.63, 3.8) is 0 Å². The predicted molar refractivity (Wildman–Crippen MR) is 70.8 cm³/mol. The quantitative estimate of drug-likeness (QED) is 0.741. The summed E-state index contributed by atoms with van der Waals surface area (Å²) in [4.78, 5) is 2.29. The third kappa shape index (κ3) is 4.33. The van der Waals surface area contributed by atoms with Gasteiger partial charge < -0.3 is 5.32 Å². The Morgan fingerprint density at radius 1 is 1.19 bits per heavy atom. The monoisotopic (exact) mass is 220 g/mol. The van der Waals surface area contributed by atoms with Gasteiger partial charge in [-0.15, -0.1) is 0 Å². The van der Waals surface area contributed by atoms with E-state index in [2.05, 4.69) is 55.4 Å². The molecule has 0 amide bonds. The van der Waals surface area contributed by atoms with Crippen LogP contribution in [0, 0.1) is 0 Å². The first-order valence-electron chi connectivity index (χ1n) is 6.05. The summed E-state index contributed by atoms with van der Waals surface area (Å²) in [5, 5.41) is 3.15. The van der Waals surface area contributed by atoms with E-state index in [1.54, 1.807) is 0 Å². The second kappa shape index (κ2) is 6.66. The molecule has 1 N–H and O–H groups in total. The van der Waals surface area contributed by atoms with Crippen LogP contribution in [0.5, 0.6) is 0 Å². The Labute approximate surface area is 99.7 Å². The summed E-state index contributed by atoms with van der Waals surface area (Å²) in [6.45, 7) is 6.51. The molecule has 0 heterocycles. The van der Waals surface area contributed by atoms with Crippen LogP contribution in [0.3, 0.4) is 0 Å². The molecule has 1 aromatic carbocycles. The molecule has 0 aliphatic carbocycles.